The third-order valence-corrected chi connectivity index (χ3v) is 1.47. The summed E-state index contributed by atoms with van der Waals surface area (Å²) in [5.41, 5.74) is 0.537. The Kier molecular flexibility index (Phi) is 1.06. The van der Waals surface area contributed by atoms with Crippen LogP contribution in [-0.4, -0.2) is 11.9 Å². The third-order valence-electron chi connectivity index (χ3n) is 1.47. The molecule has 11 heavy (non-hydrogen) atoms. The smallest absolute Gasteiger partial charge is 0.347 e. The highest BCUT2D eigenvalue weighted by molar-refractivity contribution is 6.14. The summed E-state index contributed by atoms with van der Waals surface area (Å²) in [6, 6.07) is 7.38. The van der Waals surface area contributed by atoms with Crippen molar-refractivity contribution in [1.82, 2.24) is 0 Å². The lowest BCUT2D eigenvalue weighted by atomic mass is 10.1. The van der Waals surface area contributed by atoms with Crippen molar-refractivity contribution in [1.29, 1.82) is 0 Å². The fraction of sp³-hybridized carbons (Fsp3) is 0. The second-order valence-electron chi connectivity index (χ2n) is 2.14. The van der Waals surface area contributed by atoms with Gasteiger partial charge in [-0.05, 0) is 12.1 Å². The number of esters is 2. The van der Waals surface area contributed by atoms with Crippen LogP contribution in [0, 0.1) is 6.07 Å². The fourth-order valence-corrected chi connectivity index (χ4v) is 0.966. The Bertz CT molecular complexity index is 308. The molecule has 0 N–H and O–H groups in total. The zero-order chi connectivity index (χ0) is 7.84. The van der Waals surface area contributed by atoms with E-state index in [2.05, 4.69) is 10.8 Å². The Hall–Kier alpha value is -1.64. The van der Waals surface area contributed by atoms with Crippen molar-refractivity contribution in [3.05, 3.63) is 35.4 Å². The molecule has 0 saturated heterocycles. The Morgan fingerprint density at radius 2 is 2.09 bits per heavy atom. The van der Waals surface area contributed by atoms with Crippen LogP contribution in [0.2, 0.25) is 0 Å². The molecule has 0 saturated carbocycles. The molecule has 1 heterocycles. The molecule has 1 aromatic rings. The molecule has 0 bridgehead atoms. The van der Waals surface area contributed by atoms with E-state index in [-0.39, 0.29) is 5.56 Å². The molecule has 53 valence electrons. The molecule has 1 aromatic carbocycles. The van der Waals surface area contributed by atoms with Crippen LogP contribution in [-0.2, 0) is 4.74 Å². The number of hydrogen-bond acceptors (Lipinski definition) is 3. The van der Waals surface area contributed by atoms with Gasteiger partial charge in [0.15, 0.2) is 0 Å². The van der Waals surface area contributed by atoms with Gasteiger partial charge in [-0.2, -0.15) is 0 Å². The van der Waals surface area contributed by atoms with Gasteiger partial charge in [0.2, 0.25) is 0 Å². The van der Waals surface area contributed by atoms with Crippen LogP contribution in [0.25, 0.3) is 0 Å². The van der Waals surface area contributed by atoms with Gasteiger partial charge in [0.1, 0.15) is 0 Å². The van der Waals surface area contributed by atoms with Crippen molar-refractivity contribution in [3.8, 4) is 0 Å². The number of cyclic esters (lactones) is 2. The lowest BCUT2D eigenvalue weighted by Crippen LogP contribution is -1.96. The van der Waals surface area contributed by atoms with Gasteiger partial charge in [-0.1, -0.05) is 12.1 Å². The summed E-state index contributed by atoms with van der Waals surface area (Å²) in [5.74, 6) is -1.19. The monoisotopic (exact) mass is 147 g/mol. The van der Waals surface area contributed by atoms with E-state index in [9.17, 15) is 9.59 Å². The van der Waals surface area contributed by atoms with E-state index in [0.717, 1.165) is 0 Å². The zero-order valence-corrected chi connectivity index (χ0v) is 5.46. The Labute approximate surface area is 62.6 Å². The van der Waals surface area contributed by atoms with Crippen molar-refractivity contribution in [2.45, 2.75) is 0 Å². The highest BCUT2D eigenvalue weighted by Gasteiger charge is 2.28. The summed E-state index contributed by atoms with van der Waals surface area (Å²) in [5, 5.41) is 0. The molecular weight excluding hydrogens is 144 g/mol. The quantitative estimate of drug-likeness (QED) is 0.402. The van der Waals surface area contributed by atoms with Gasteiger partial charge in [0.25, 0.3) is 0 Å². The number of fused-ring (bicyclic) bond motifs is 1. The summed E-state index contributed by atoms with van der Waals surface area (Å²) in [6.07, 6.45) is 0. The molecule has 0 unspecified atom stereocenters. The van der Waals surface area contributed by atoms with Crippen LogP contribution < -0.4 is 0 Å². The molecule has 1 aliphatic rings. The number of hydrogen-bond donors (Lipinski definition) is 0. The predicted molar refractivity (Wildman–Crippen MR) is 35.0 cm³/mol. The van der Waals surface area contributed by atoms with Crippen molar-refractivity contribution >= 4 is 11.9 Å². The van der Waals surface area contributed by atoms with Crippen LogP contribution in [0.1, 0.15) is 20.7 Å². The minimum atomic E-state index is -0.606. The van der Waals surface area contributed by atoms with Crippen molar-refractivity contribution in [3.63, 3.8) is 0 Å². The molecule has 0 aliphatic carbocycles. The maximum absolute atomic E-state index is 10.8. The second-order valence-corrected chi connectivity index (χ2v) is 2.14. The minimum Gasteiger partial charge on any atom is -0.386 e. The van der Waals surface area contributed by atoms with Gasteiger partial charge in [-0.15, -0.1) is 0 Å². The molecular formula is C8H3O3. The van der Waals surface area contributed by atoms with E-state index in [1.54, 1.807) is 18.2 Å². The minimum absolute atomic E-state index is 0.234. The van der Waals surface area contributed by atoms with Crippen molar-refractivity contribution < 1.29 is 14.3 Å². The SMILES string of the molecule is O=C1OC(=O)c2ccc[c]c21. The maximum Gasteiger partial charge on any atom is 0.347 e. The van der Waals surface area contributed by atoms with Crippen molar-refractivity contribution in [2.75, 3.05) is 0 Å². The molecule has 1 aliphatic heterocycles. The molecule has 3 nitrogen and oxygen atoms in total. The van der Waals surface area contributed by atoms with Gasteiger partial charge < -0.3 is 4.74 Å². The van der Waals surface area contributed by atoms with Gasteiger partial charge in [0.05, 0.1) is 11.1 Å². The molecule has 0 fully saturated rings. The highest BCUT2D eigenvalue weighted by Crippen LogP contribution is 2.17. The summed E-state index contributed by atoms with van der Waals surface area (Å²) in [4.78, 5) is 21.6. The van der Waals surface area contributed by atoms with Crippen LogP contribution in [0.3, 0.4) is 0 Å². The summed E-state index contributed by atoms with van der Waals surface area (Å²) >= 11 is 0. The summed E-state index contributed by atoms with van der Waals surface area (Å²) in [7, 11) is 0. The molecule has 0 aromatic heterocycles. The second kappa shape index (κ2) is 1.92. The van der Waals surface area contributed by atoms with Gasteiger partial charge in [-0.25, -0.2) is 9.59 Å². The van der Waals surface area contributed by atoms with Crippen LogP contribution >= 0.6 is 0 Å². The van der Waals surface area contributed by atoms with E-state index in [1.165, 1.54) is 0 Å². The maximum atomic E-state index is 10.8. The van der Waals surface area contributed by atoms with E-state index < -0.39 is 11.9 Å². The van der Waals surface area contributed by atoms with Crippen LogP contribution in [0.5, 0.6) is 0 Å². The highest BCUT2D eigenvalue weighted by atomic mass is 16.6. The lowest BCUT2D eigenvalue weighted by Gasteiger charge is -1.85. The standard InChI is InChI=1S/C8H3O3/c9-7-5-3-1-2-4-6(5)8(10)11-7/h1-3H. The lowest BCUT2D eigenvalue weighted by molar-refractivity contribution is 0.0443. The van der Waals surface area contributed by atoms with Crippen molar-refractivity contribution in [2.24, 2.45) is 0 Å². The largest absolute Gasteiger partial charge is 0.386 e. The Balaban J connectivity index is 2.69. The van der Waals surface area contributed by atoms with E-state index in [4.69, 9.17) is 0 Å². The molecule has 0 spiro atoms. The number of rotatable bonds is 0. The average molecular weight is 147 g/mol. The average Bonchev–Trinajstić information content (AvgIpc) is 2.30. The molecule has 0 amide bonds. The first-order valence-electron chi connectivity index (χ1n) is 3.06. The fourth-order valence-electron chi connectivity index (χ4n) is 0.966. The first-order chi connectivity index (χ1) is 5.29. The van der Waals surface area contributed by atoms with E-state index in [1.807, 2.05) is 0 Å². The number of carbonyl (C=O) groups excluding carboxylic acids is 2. The number of carbonyl (C=O) groups is 2. The first kappa shape index (κ1) is 6.09. The van der Waals surface area contributed by atoms with Gasteiger partial charge in [-0.3, -0.25) is 0 Å². The van der Waals surface area contributed by atoms with Gasteiger partial charge >= 0.3 is 11.9 Å². The summed E-state index contributed by atoms with van der Waals surface area (Å²) < 4.78 is 4.32. The topological polar surface area (TPSA) is 43.4 Å². The van der Waals surface area contributed by atoms with Crippen LogP contribution in [0.4, 0.5) is 0 Å². The Morgan fingerprint density at radius 3 is 2.82 bits per heavy atom. The van der Waals surface area contributed by atoms with Crippen LogP contribution in [0.15, 0.2) is 18.2 Å². The summed E-state index contributed by atoms with van der Waals surface area (Å²) in [6.45, 7) is 0. The normalized spacial score (nSPS) is 14.5. The molecule has 3 heteroatoms. The molecule has 2 rings (SSSR count). The van der Waals surface area contributed by atoms with E-state index >= 15 is 0 Å². The Morgan fingerprint density at radius 1 is 1.27 bits per heavy atom. The number of ether oxygens (including phenoxy) is 1. The predicted octanol–water partition coefficient (Wildman–Crippen LogP) is 0.797. The van der Waals surface area contributed by atoms with E-state index in [0.29, 0.717) is 5.56 Å². The third kappa shape index (κ3) is 0.741. The van der Waals surface area contributed by atoms with Gasteiger partial charge in [0, 0.05) is 0 Å². The first-order valence-corrected chi connectivity index (χ1v) is 3.06. The number of benzene rings is 1. The molecule has 1 radical (unpaired) electrons. The molecule has 0 atom stereocenters. The zero-order valence-electron chi connectivity index (χ0n) is 5.46.